The van der Waals surface area contributed by atoms with Crippen molar-refractivity contribution in [2.75, 3.05) is 18.4 Å². The van der Waals surface area contributed by atoms with E-state index in [2.05, 4.69) is 30.9 Å². The van der Waals surface area contributed by atoms with Gasteiger partial charge in [-0.15, -0.1) is 0 Å². The molecule has 1 saturated heterocycles. The van der Waals surface area contributed by atoms with E-state index in [1.165, 1.54) is 12.4 Å². The molecule has 4 rings (SSSR count). The number of hydrogen-bond donors (Lipinski definition) is 3. The van der Waals surface area contributed by atoms with E-state index in [4.69, 9.17) is 0 Å². The molecule has 0 bridgehead atoms. The number of halogens is 2. The van der Waals surface area contributed by atoms with Crippen LogP contribution in [0.3, 0.4) is 0 Å². The van der Waals surface area contributed by atoms with E-state index < -0.39 is 18.0 Å². The molecular formula is C18H19F2N7O. The van der Waals surface area contributed by atoms with Crippen molar-refractivity contribution < 1.29 is 13.6 Å². The van der Waals surface area contributed by atoms with Gasteiger partial charge in [0.25, 0.3) is 12.3 Å². The number of carbonyl (C=O) groups is 1. The molecular weight excluding hydrogens is 368 g/mol. The third kappa shape index (κ3) is 3.50. The van der Waals surface area contributed by atoms with Crippen LogP contribution in [-0.2, 0) is 0 Å². The number of aromatic amines is 1. The van der Waals surface area contributed by atoms with Gasteiger partial charge >= 0.3 is 0 Å². The topological polar surface area (TPSA) is 101 Å². The van der Waals surface area contributed by atoms with Gasteiger partial charge in [0.1, 0.15) is 11.5 Å². The Kier molecular flexibility index (Phi) is 5.11. The van der Waals surface area contributed by atoms with Crippen LogP contribution in [0.2, 0.25) is 0 Å². The van der Waals surface area contributed by atoms with Gasteiger partial charge in [0, 0.05) is 18.0 Å². The quantitative estimate of drug-likeness (QED) is 0.625. The molecule has 1 amide bonds. The number of nitrogens with zero attached hydrogens (tertiary/aromatic N) is 4. The lowest BCUT2D eigenvalue weighted by Crippen LogP contribution is -2.27. The summed E-state index contributed by atoms with van der Waals surface area (Å²) in [5.41, 5.74) is 0.639. The third-order valence-electron chi connectivity index (χ3n) is 4.85. The zero-order valence-corrected chi connectivity index (χ0v) is 14.9. The van der Waals surface area contributed by atoms with Crippen molar-refractivity contribution in [3.8, 4) is 5.69 Å². The maximum Gasteiger partial charge on any atom is 0.281 e. The van der Waals surface area contributed by atoms with Gasteiger partial charge in [0.05, 0.1) is 23.6 Å². The zero-order chi connectivity index (χ0) is 19.5. The number of carbonyl (C=O) groups excluding carboxylic acids is 1. The van der Waals surface area contributed by atoms with E-state index in [0.29, 0.717) is 11.5 Å². The van der Waals surface area contributed by atoms with Crippen molar-refractivity contribution in [2.24, 2.45) is 0 Å². The maximum atomic E-state index is 13.7. The third-order valence-corrected chi connectivity index (χ3v) is 4.85. The van der Waals surface area contributed by atoms with Crippen LogP contribution < -0.4 is 10.6 Å². The highest BCUT2D eigenvalue weighted by Gasteiger charge is 2.27. The molecule has 10 heteroatoms. The highest BCUT2D eigenvalue weighted by Crippen LogP contribution is 2.31. The smallest absolute Gasteiger partial charge is 0.281 e. The molecule has 1 aliphatic heterocycles. The molecule has 3 N–H and O–H groups in total. The van der Waals surface area contributed by atoms with Crippen LogP contribution in [0.5, 0.6) is 0 Å². The first-order valence-corrected chi connectivity index (χ1v) is 8.97. The number of anilines is 1. The Morgan fingerprint density at radius 2 is 1.96 bits per heavy atom. The number of aromatic nitrogens is 5. The summed E-state index contributed by atoms with van der Waals surface area (Å²) in [5, 5.41) is 16.7. The zero-order valence-electron chi connectivity index (χ0n) is 14.9. The van der Waals surface area contributed by atoms with Crippen LogP contribution in [0.4, 0.5) is 14.6 Å². The molecule has 3 aromatic rings. The summed E-state index contributed by atoms with van der Waals surface area (Å²) in [4.78, 5) is 16.6. The first-order valence-electron chi connectivity index (χ1n) is 8.97. The summed E-state index contributed by atoms with van der Waals surface area (Å²) >= 11 is 0. The number of amides is 1. The van der Waals surface area contributed by atoms with Crippen LogP contribution in [0.25, 0.3) is 5.69 Å². The van der Waals surface area contributed by atoms with Crippen LogP contribution in [0, 0.1) is 0 Å². The predicted octanol–water partition coefficient (Wildman–Crippen LogP) is 2.65. The Labute approximate surface area is 159 Å². The van der Waals surface area contributed by atoms with Gasteiger partial charge in [-0.05, 0) is 44.0 Å². The molecule has 4 heterocycles. The average molecular weight is 387 g/mol. The largest absolute Gasteiger partial charge is 0.317 e. The fourth-order valence-electron chi connectivity index (χ4n) is 3.45. The Hall–Kier alpha value is -3.14. The molecule has 3 aromatic heterocycles. The van der Waals surface area contributed by atoms with E-state index in [1.54, 1.807) is 18.3 Å². The fourth-order valence-corrected chi connectivity index (χ4v) is 3.45. The molecule has 8 nitrogen and oxygen atoms in total. The lowest BCUT2D eigenvalue weighted by molar-refractivity contribution is 0.100. The maximum absolute atomic E-state index is 13.7. The summed E-state index contributed by atoms with van der Waals surface area (Å²) in [6.45, 7) is 1.77. The van der Waals surface area contributed by atoms with E-state index in [0.717, 1.165) is 42.4 Å². The van der Waals surface area contributed by atoms with Gasteiger partial charge in [-0.3, -0.25) is 14.9 Å². The number of nitrogens with one attached hydrogen (secondary N) is 3. The number of piperidine rings is 1. The highest BCUT2D eigenvalue weighted by molar-refractivity contribution is 6.05. The normalized spacial score (nSPS) is 15.1. The Morgan fingerprint density at radius 3 is 2.68 bits per heavy atom. The van der Waals surface area contributed by atoms with E-state index in [1.807, 2.05) is 0 Å². The summed E-state index contributed by atoms with van der Waals surface area (Å²) in [6, 6.07) is 3.09. The van der Waals surface area contributed by atoms with Crippen LogP contribution in [0.15, 0.2) is 36.9 Å². The van der Waals surface area contributed by atoms with Gasteiger partial charge < -0.3 is 10.6 Å². The Bertz CT molecular complexity index is 948. The van der Waals surface area contributed by atoms with Gasteiger partial charge in [-0.1, -0.05) is 0 Å². The molecule has 0 unspecified atom stereocenters. The molecule has 146 valence electrons. The van der Waals surface area contributed by atoms with Crippen molar-refractivity contribution in [1.82, 2.24) is 30.3 Å². The first-order chi connectivity index (χ1) is 13.6. The lowest BCUT2D eigenvalue weighted by atomic mass is 9.92. The number of alkyl halides is 2. The van der Waals surface area contributed by atoms with Gasteiger partial charge in [0.15, 0.2) is 0 Å². The van der Waals surface area contributed by atoms with Crippen molar-refractivity contribution in [2.45, 2.75) is 25.2 Å². The highest BCUT2D eigenvalue weighted by atomic mass is 19.3. The summed E-state index contributed by atoms with van der Waals surface area (Å²) in [7, 11) is 0. The second-order valence-corrected chi connectivity index (χ2v) is 6.54. The van der Waals surface area contributed by atoms with Gasteiger partial charge in [-0.2, -0.15) is 10.2 Å². The molecule has 0 atom stereocenters. The fraction of sp³-hybridized carbons (Fsp3) is 0.333. The Morgan fingerprint density at radius 1 is 1.21 bits per heavy atom. The summed E-state index contributed by atoms with van der Waals surface area (Å²) in [5.74, 6) is 0.0354. The number of rotatable bonds is 5. The van der Waals surface area contributed by atoms with Crippen LogP contribution >= 0.6 is 0 Å². The molecule has 0 saturated carbocycles. The summed E-state index contributed by atoms with van der Waals surface area (Å²) in [6.07, 6.45) is 4.75. The van der Waals surface area contributed by atoms with E-state index in [-0.39, 0.29) is 11.5 Å². The van der Waals surface area contributed by atoms with Crippen molar-refractivity contribution >= 4 is 11.7 Å². The minimum atomic E-state index is -2.87. The molecule has 0 spiro atoms. The molecule has 1 fully saturated rings. The van der Waals surface area contributed by atoms with Crippen LogP contribution in [0.1, 0.15) is 46.8 Å². The molecule has 28 heavy (non-hydrogen) atoms. The molecule has 0 radical (unpaired) electrons. The minimum Gasteiger partial charge on any atom is -0.317 e. The number of pyridine rings is 1. The monoisotopic (exact) mass is 387 g/mol. The van der Waals surface area contributed by atoms with Gasteiger partial charge in [0.2, 0.25) is 0 Å². The number of hydrogen-bond acceptors (Lipinski definition) is 5. The average Bonchev–Trinajstić information content (AvgIpc) is 3.36. The first kappa shape index (κ1) is 18.2. The standard InChI is InChI=1S/C18H19F2N7O/c19-16(20)15-14(10-24-27(15)12-3-7-22-8-4-12)18(28)25-17-13(9-23-26-17)11-1-5-21-6-2-11/h3-4,7-11,16,21H,1-2,5-6H2,(H2,23,25,26,28). The van der Waals surface area contributed by atoms with Crippen molar-refractivity contribution in [1.29, 1.82) is 0 Å². The SMILES string of the molecule is O=C(Nc1[nH]ncc1C1CCNCC1)c1cnn(-c2ccncc2)c1C(F)F. The molecule has 1 aliphatic rings. The predicted molar refractivity (Wildman–Crippen MR) is 97.7 cm³/mol. The Balaban J connectivity index is 1.61. The van der Waals surface area contributed by atoms with E-state index >= 15 is 0 Å². The minimum absolute atomic E-state index is 0.183. The van der Waals surface area contributed by atoms with Crippen molar-refractivity contribution in [3.63, 3.8) is 0 Å². The van der Waals surface area contributed by atoms with Gasteiger partial charge in [-0.25, -0.2) is 13.5 Å². The summed E-state index contributed by atoms with van der Waals surface area (Å²) < 4.78 is 28.5. The number of H-pyrrole nitrogens is 1. The van der Waals surface area contributed by atoms with Crippen molar-refractivity contribution in [3.05, 3.63) is 53.7 Å². The van der Waals surface area contributed by atoms with E-state index in [9.17, 15) is 13.6 Å². The second kappa shape index (κ2) is 7.85. The van der Waals surface area contributed by atoms with Crippen LogP contribution in [-0.4, -0.2) is 44.0 Å². The molecule has 0 aromatic carbocycles. The molecule has 0 aliphatic carbocycles. The second-order valence-electron chi connectivity index (χ2n) is 6.54. The lowest BCUT2D eigenvalue weighted by Gasteiger charge is -2.22.